The monoisotopic (exact) mass is 363 g/mol. The van der Waals surface area contributed by atoms with Crippen LogP contribution in [0.1, 0.15) is 36.3 Å². The van der Waals surface area contributed by atoms with Crippen molar-refractivity contribution in [3.8, 4) is 0 Å². The lowest BCUT2D eigenvalue weighted by Gasteiger charge is -2.48. The van der Waals surface area contributed by atoms with E-state index >= 15 is 0 Å². The number of aryl methyl sites for hydroxylation is 2. The molecule has 2 unspecified atom stereocenters. The zero-order valence-electron chi connectivity index (χ0n) is 15.8. The highest BCUT2D eigenvalue weighted by molar-refractivity contribution is 5.79. The van der Waals surface area contributed by atoms with Gasteiger partial charge in [0.15, 0.2) is 0 Å². The molecule has 0 radical (unpaired) electrons. The van der Waals surface area contributed by atoms with Gasteiger partial charge in [0.1, 0.15) is 5.76 Å². The van der Waals surface area contributed by atoms with Crippen molar-refractivity contribution < 1.29 is 18.8 Å². The zero-order valence-corrected chi connectivity index (χ0v) is 15.8. The van der Waals surface area contributed by atoms with E-state index < -0.39 is 0 Å². The third-order valence-electron chi connectivity index (χ3n) is 6.02. The topological polar surface area (TPSA) is 68.0 Å². The molecule has 0 saturated carbocycles. The third-order valence-corrected chi connectivity index (χ3v) is 6.02. The molecule has 3 saturated heterocycles. The Morgan fingerprint density at radius 1 is 1.27 bits per heavy atom. The molecule has 144 valence electrons. The van der Waals surface area contributed by atoms with Crippen LogP contribution in [0.4, 0.5) is 0 Å². The van der Waals surface area contributed by atoms with Gasteiger partial charge in [-0.2, -0.15) is 0 Å². The molecule has 1 spiro atoms. The SMILES string of the molecule is Cc1noc(C)c1CN1CCCC2(C1)CN(C(=O)C1CCOC1)CCO2. The molecule has 7 nitrogen and oxygen atoms in total. The molecule has 1 amide bonds. The fourth-order valence-corrected chi connectivity index (χ4v) is 4.54. The minimum Gasteiger partial charge on any atom is -0.381 e. The number of carbonyl (C=O) groups excluding carboxylic acids is 1. The van der Waals surface area contributed by atoms with Crippen LogP contribution < -0.4 is 0 Å². The summed E-state index contributed by atoms with van der Waals surface area (Å²) in [6.45, 7) is 9.97. The fourth-order valence-electron chi connectivity index (χ4n) is 4.54. The van der Waals surface area contributed by atoms with Gasteiger partial charge in [0.25, 0.3) is 0 Å². The Kier molecular flexibility index (Phi) is 5.03. The molecule has 1 aromatic heterocycles. The highest BCUT2D eigenvalue weighted by Crippen LogP contribution is 2.31. The van der Waals surface area contributed by atoms with E-state index in [1.165, 1.54) is 5.56 Å². The highest BCUT2D eigenvalue weighted by Gasteiger charge is 2.43. The largest absolute Gasteiger partial charge is 0.381 e. The van der Waals surface area contributed by atoms with Crippen molar-refractivity contribution in [3.05, 3.63) is 17.0 Å². The summed E-state index contributed by atoms with van der Waals surface area (Å²) in [6.07, 6.45) is 2.94. The van der Waals surface area contributed by atoms with Gasteiger partial charge in [-0.1, -0.05) is 5.16 Å². The first-order chi connectivity index (χ1) is 12.6. The molecule has 7 heteroatoms. The van der Waals surface area contributed by atoms with Crippen molar-refractivity contribution in [2.75, 3.05) is 46.0 Å². The molecule has 0 N–H and O–H groups in total. The Hall–Kier alpha value is -1.44. The second-order valence-corrected chi connectivity index (χ2v) is 7.97. The van der Waals surface area contributed by atoms with E-state index in [0.29, 0.717) is 32.9 Å². The smallest absolute Gasteiger partial charge is 0.228 e. The summed E-state index contributed by atoms with van der Waals surface area (Å²) in [5.41, 5.74) is 1.89. The van der Waals surface area contributed by atoms with E-state index in [-0.39, 0.29) is 17.4 Å². The van der Waals surface area contributed by atoms with Crippen LogP contribution in [0.5, 0.6) is 0 Å². The van der Waals surface area contributed by atoms with Crippen molar-refractivity contribution >= 4 is 5.91 Å². The van der Waals surface area contributed by atoms with Crippen molar-refractivity contribution in [2.24, 2.45) is 5.92 Å². The normalized spacial score (nSPS) is 30.2. The third kappa shape index (κ3) is 3.52. The molecule has 2 atom stereocenters. The molecular formula is C19H29N3O4. The van der Waals surface area contributed by atoms with Crippen LogP contribution in [0.2, 0.25) is 0 Å². The maximum absolute atomic E-state index is 12.8. The average Bonchev–Trinajstić information content (AvgIpc) is 3.27. The number of piperidine rings is 1. The lowest BCUT2D eigenvalue weighted by molar-refractivity contribution is -0.164. The number of hydrogen-bond acceptors (Lipinski definition) is 6. The lowest BCUT2D eigenvalue weighted by atomic mass is 9.89. The first kappa shape index (κ1) is 17.9. The number of rotatable bonds is 3. The highest BCUT2D eigenvalue weighted by atomic mass is 16.5. The van der Waals surface area contributed by atoms with Gasteiger partial charge < -0.3 is 18.9 Å². The van der Waals surface area contributed by atoms with Crippen LogP contribution in [0.3, 0.4) is 0 Å². The number of morpholine rings is 1. The number of likely N-dealkylation sites (tertiary alicyclic amines) is 1. The maximum atomic E-state index is 12.8. The van der Waals surface area contributed by atoms with Gasteiger partial charge in [-0.25, -0.2) is 0 Å². The zero-order chi connectivity index (χ0) is 18.1. The predicted molar refractivity (Wildman–Crippen MR) is 94.7 cm³/mol. The minimum atomic E-state index is -0.245. The number of hydrogen-bond donors (Lipinski definition) is 0. The number of nitrogens with zero attached hydrogens (tertiary/aromatic N) is 3. The quantitative estimate of drug-likeness (QED) is 0.811. The van der Waals surface area contributed by atoms with Gasteiger partial charge in [-0.15, -0.1) is 0 Å². The minimum absolute atomic E-state index is 0.0344. The standard InChI is InChI=1S/C19H29N3O4/c1-14-17(15(2)26-20-14)10-21-6-3-5-19(12-21)13-22(7-9-25-19)18(23)16-4-8-24-11-16/h16H,3-13H2,1-2H3. The average molecular weight is 363 g/mol. The molecule has 3 aliphatic rings. The van der Waals surface area contributed by atoms with E-state index in [0.717, 1.165) is 50.4 Å². The van der Waals surface area contributed by atoms with Crippen LogP contribution in [0.25, 0.3) is 0 Å². The Morgan fingerprint density at radius 3 is 2.88 bits per heavy atom. The van der Waals surface area contributed by atoms with Gasteiger partial charge >= 0.3 is 0 Å². The first-order valence-electron chi connectivity index (χ1n) is 9.71. The Morgan fingerprint density at radius 2 is 2.15 bits per heavy atom. The van der Waals surface area contributed by atoms with E-state index in [4.69, 9.17) is 14.0 Å². The maximum Gasteiger partial charge on any atom is 0.228 e. The van der Waals surface area contributed by atoms with Crippen molar-refractivity contribution in [2.45, 2.75) is 45.3 Å². The van der Waals surface area contributed by atoms with Crippen LogP contribution in [-0.4, -0.2) is 72.5 Å². The number of amides is 1. The molecule has 0 bridgehead atoms. The Bertz CT molecular complexity index is 632. The summed E-state index contributed by atoms with van der Waals surface area (Å²) in [5.74, 6) is 1.17. The molecule has 4 rings (SSSR count). The summed E-state index contributed by atoms with van der Waals surface area (Å²) >= 11 is 0. The number of carbonyl (C=O) groups is 1. The van der Waals surface area contributed by atoms with E-state index in [2.05, 4.69) is 10.1 Å². The van der Waals surface area contributed by atoms with Gasteiger partial charge in [0.05, 0.1) is 37.0 Å². The molecule has 1 aromatic rings. The van der Waals surface area contributed by atoms with Crippen LogP contribution in [0, 0.1) is 19.8 Å². The molecule has 4 heterocycles. The molecule has 0 aromatic carbocycles. The molecule has 26 heavy (non-hydrogen) atoms. The van der Waals surface area contributed by atoms with Gasteiger partial charge in [0, 0.05) is 31.8 Å². The van der Waals surface area contributed by atoms with Crippen molar-refractivity contribution in [3.63, 3.8) is 0 Å². The molecular weight excluding hydrogens is 334 g/mol. The number of aromatic nitrogens is 1. The van der Waals surface area contributed by atoms with Gasteiger partial charge in [0.2, 0.25) is 5.91 Å². The van der Waals surface area contributed by atoms with Gasteiger partial charge in [-0.05, 0) is 39.7 Å². The molecule has 3 aliphatic heterocycles. The van der Waals surface area contributed by atoms with Crippen LogP contribution >= 0.6 is 0 Å². The molecule has 3 fully saturated rings. The fraction of sp³-hybridized carbons (Fsp3) is 0.789. The lowest BCUT2D eigenvalue weighted by Crippen LogP contribution is -2.61. The summed E-state index contributed by atoms with van der Waals surface area (Å²) in [5, 5.41) is 4.07. The van der Waals surface area contributed by atoms with Crippen molar-refractivity contribution in [1.29, 1.82) is 0 Å². The molecule has 0 aliphatic carbocycles. The summed E-state index contributed by atoms with van der Waals surface area (Å²) in [4.78, 5) is 17.2. The Labute approximate surface area is 154 Å². The van der Waals surface area contributed by atoms with Crippen LogP contribution in [-0.2, 0) is 20.8 Å². The summed E-state index contributed by atoms with van der Waals surface area (Å²) in [7, 11) is 0. The van der Waals surface area contributed by atoms with E-state index in [1.54, 1.807) is 0 Å². The van der Waals surface area contributed by atoms with Crippen molar-refractivity contribution in [1.82, 2.24) is 15.0 Å². The number of ether oxygens (including phenoxy) is 2. The van der Waals surface area contributed by atoms with Crippen LogP contribution in [0.15, 0.2) is 4.52 Å². The van der Waals surface area contributed by atoms with E-state index in [9.17, 15) is 4.79 Å². The van der Waals surface area contributed by atoms with Gasteiger partial charge in [-0.3, -0.25) is 9.69 Å². The second-order valence-electron chi connectivity index (χ2n) is 7.97. The predicted octanol–water partition coefficient (Wildman–Crippen LogP) is 1.52. The second kappa shape index (κ2) is 7.29. The van der Waals surface area contributed by atoms with E-state index in [1.807, 2.05) is 18.7 Å². The summed E-state index contributed by atoms with van der Waals surface area (Å²) < 4.78 is 17.0. The Balaban J connectivity index is 1.42. The first-order valence-corrected chi connectivity index (χ1v) is 9.71. The summed E-state index contributed by atoms with van der Waals surface area (Å²) in [6, 6.07) is 0.